The number of urea groups is 1. The highest BCUT2D eigenvalue weighted by atomic mass is 32.1. The minimum atomic E-state index is -0.330. The summed E-state index contributed by atoms with van der Waals surface area (Å²) in [6, 6.07) is 17.3. The van der Waals surface area contributed by atoms with Crippen LogP contribution in [0.2, 0.25) is 0 Å². The molecule has 194 valence electrons. The number of ether oxygens (including phenoxy) is 1. The Kier molecular flexibility index (Phi) is 8.66. The number of rotatable bonds is 9. The minimum Gasteiger partial charge on any atom is -0.491 e. The van der Waals surface area contributed by atoms with Gasteiger partial charge in [0.05, 0.1) is 6.04 Å². The maximum Gasteiger partial charge on any atom is 0.322 e. The molecule has 0 spiro atoms. The average molecular weight is 518 g/mol. The number of amides is 3. The average Bonchev–Trinajstić information content (AvgIpc) is 3.37. The summed E-state index contributed by atoms with van der Waals surface area (Å²) in [6.07, 6.45) is 2.44. The van der Waals surface area contributed by atoms with E-state index in [4.69, 9.17) is 4.74 Å². The van der Waals surface area contributed by atoms with Gasteiger partial charge in [-0.05, 0) is 66.1 Å². The van der Waals surface area contributed by atoms with Gasteiger partial charge < -0.3 is 19.9 Å². The van der Waals surface area contributed by atoms with Crippen molar-refractivity contribution in [2.24, 2.45) is 0 Å². The van der Waals surface area contributed by atoms with Gasteiger partial charge in [-0.25, -0.2) is 4.79 Å². The van der Waals surface area contributed by atoms with Crippen molar-refractivity contribution in [2.75, 3.05) is 31.6 Å². The van der Waals surface area contributed by atoms with Crippen LogP contribution in [0.25, 0.3) is 0 Å². The van der Waals surface area contributed by atoms with Gasteiger partial charge in [0, 0.05) is 23.7 Å². The molecular weight excluding hydrogens is 482 g/mol. The summed E-state index contributed by atoms with van der Waals surface area (Å²) in [6.45, 7) is 11.3. The highest BCUT2D eigenvalue weighted by molar-refractivity contribution is 7.10. The second-order valence-electron chi connectivity index (χ2n) is 9.65. The van der Waals surface area contributed by atoms with Gasteiger partial charge in [-0.1, -0.05) is 49.8 Å². The first-order valence-electron chi connectivity index (χ1n) is 12.7. The monoisotopic (exact) mass is 517 g/mol. The molecule has 1 aromatic heterocycles. The van der Waals surface area contributed by atoms with Gasteiger partial charge in [0.25, 0.3) is 0 Å². The third-order valence-electron chi connectivity index (χ3n) is 6.64. The molecule has 0 saturated carbocycles. The standard InChI is InChI=1S/C30H35N3O3S/c1-5-16-32(30(35)31-24-10-6-22(4)7-11-24)19-29(34)33-17-14-28-26(15-18-37-28)27(33)20-36-25-12-8-23(9-13-25)21(2)3/h5-13,15,18,21,27H,1,14,16-17,19-20H2,2-4H3,(H,31,35). The molecule has 4 rings (SSSR count). The molecule has 0 fully saturated rings. The van der Waals surface area contributed by atoms with E-state index in [0.29, 0.717) is 24.8 Å². The summed E-state index contributed by atoms with van der Waals surface area (Å²) < 4.78 is 6.18. The lowest BCUT2D eigenvalue weighted by molar-refractivity contribution is -0.135. The first-order chi connectivity index (χ1) is 17.9. The Morgan fingerprint density at radius 2 is 1.89 bits per heavy atom. The van der Waals surface area contributed by atoms with Crippen LogP contribution in [0.1, 0.15) is 47.4 Å². The zero-order chi connectivity index (χ0) is 26.4. The van der Waals surface area contributed by atoms with Crippen molar-refractivity contribution in [3.05, 3.63) is 94.2 Å². The molecular formula is C30H35N3O3S. The molecule has 0 radical (unpaired) electrons. The highest BCUT2D eigenvalue weighted by Crippen LogP contribution is 2.34. The fourth-order valence-corrected chi connectivity index (χ4v) is 5.40. The van der Waals surface area contributed by atoms with E-state index in [0.717, 1.165) is 23.3 Å². The Morgan fingerprint density at radius 1 is 1.16 bits per heavy atom. The first kappa shape index (κ1) is 26.5. The molecule has 2 heterocycles. The van der Waals surface area contributed by atoms with Crippen molar-refractivity contribution in [3.63, 3.8) is 0 Å². The maximum absolute atomic E-state index is 13.6. The number of aryl methyl sites for hydroxylation is 1. The third-order valence-corrected chi connectivity index (χ3v) is 7.63. The number of nitrogens with zero attached hydrogens (tertiary/aromatic N) is 2. The zero-order valence-electron chi connectivity index (χ0n) is 21.8. The molecule has 7 heteroatoms. The van der Waals surface area contributed by atoms with Gasteiger partial charge in [0.1, 0.15) is 18.9 Å². The van der Waals surface area contributed by atoms with E-state index < -0.39 is 0 Å². The summed E-state index contributed by atoms with van der Waals surface area (Å²) in [5, 5.41) is 4.96. The number of carbonyl (C=O) groups excluding carboxylic acids is 2. The molecule has 37 heavy (non-hydrogen) atoms. The molecule has 0 saturated heterocycles. The lowest BCUT2D eigenvalue weighted by Gasteiger charge is -2.37. The Labute approximate surface area is 223 Å². The molecule has 1 atom stereocenters. The number of hydrogen-bond acceptors (Lipinski definition) is 4. The van der Waals surface area contributed by atoms with Crippen LogP contribution in [0, 0.1) is 6.92 Å². The maximum atomic E-state index is 13.6. The number of anilines is 1. The number of benzene rings is 2. The second-order valence-corrected chi connectivity index (χ2v) is 10.7. The van der Waals surface area contributed by atoms with Crippen LogP contribution in [0.5, 0.6) is 5.75 Å². The summed E-state index contributed by atoms with van der Waals surface area (Å²) in [7, 11) is 0. The number of nitrogens with one attached hydrogen (secondary N) is 1. The Balaban J connectivity index is 1.46. The van der Waals surface area contributed by atoms with E-state index in [-0.39, 0.29) is 31.1 Å². The number of hydrogen-bond donors (Lipinski definition) is 1. The Bertz CT molecular complexity index is 1220. The van der Waals surface area contributed by atoms with Crippen LogP contribution in [0.3, 0.4) is 0 Å². The zero-order valence-corrected chi connectivity index (χ0v) is 22.6. The van der Waals surface area contributed by atoms with Gasteiger partial charge in [0.2, 0.25) is 5.91 Å². The van der Waals surface area contributed by atoms with Gasteiger partial charge in [-0.2, -0.15) is 0 Å². The van der Waals surface area contributed by atoms with E-state index in [1.54, 1.807) is 17.4 Å². The summed E-state index contributed by atoms with van der Waals surface area (Å²) in [5.74, 6) is 1.13. The van der Waals surface area contributed by atoms with Gasteiger partial charge in [0.15, 0.2) is 0 Å². The lowest BCUT2D eigenvalue weighted by Crippen LogP contribution is -2.48. The fourth-order valence-electron chi connectivity index (χ4n) is 4.47. The normalized spacial score (nSPS) is 14.7. The molecule has 0 aliphatic carbocycles. The molecule has 1 unspecified atom stereocenters. The summed E-state index contributed by atoms with van der Waals surface area (Å²) >= 11 is 1.72. The van der Waals surface area contributed by atoms with Crippen molar-refractivity contribution in [2.45, 2.75) is 39.2 Å². The van der Waals surface area contributed by atoms with E-state index in [2.05, 4.69) is 49.3 Å². The molecule has 2 aromatic carbocycles. The molecule has 0 bridgehead atoms. The lowest BCUT2D eigenvalue weighted by atomic mass is 10.00. The molecule has 1 N–H and O–H groups in total. The van der Waals surface area contributed by atoms with Crippen LogP contribution in [-0.4, -0.2) is 48.0 Å². The fraction of sp³-hybridized carbons (Fsp3) is 0.333. The van der Waals surface area contributed by atoms with E-state index >= 15 is 0 Å². The van der Waals surface area contributed by atoms with Crippen LogP contribution in [-0.2, 0) is 11.2 Å². The third kappa shape index (κ3) is 6.60. The largest absolute Gasteiger partial charge is 0.491 e. The van der Waals surface area contributed by atoms with Gasteiger partial charge in [-0.3, -0.25) is 4.79 Å². The van der Waals surface area contributed by atoms with Crippen molar-refractivity contribution in [3.8, 4) is 5.75 Å². The predicted molar refractivity (Wildman–Crippen MR) is 150 cm³/mol. The SMILES string of the molecule is C=CCN(CC(=O)N1CCc2sccc2C1COc1ccc(C(C)C)cc1)C(=O)Nc1ccc(C)cc1. The topological polar surface area (TPSA) is 61.9 Å². The van der Waals surface area contributed by atoms with Crippen LogP contribution in [0.4, 0.5) is 10.5 Å². The molecule has 3 amide bonds. The quantitative estimate of drug-likeness (QED) is 0.334. The van der Waals surface area contributed by atoms with Gasteiger partial charge in [-0.15, -0.1) is 17.9 Å². The van der Waals surface area contributed by atoms with Crippen molar-refractivity contribution < 1.29 is 14.3 Å². The minimum absolute atomic E-state index is 0.0389. The number of carbonyl (C=O) groups is 2. The van der Waals surface area contributed by atoms with Crippen LogP contribution in [0.15, 0.2) is 72.6 Å². The first-order valence-corrected chi connectivity index (χ1v) is 13.6. The number of fused-ring (bicyclic) bond motifs is 1. The molecule has 3 aromatic rings. The Hall–Kier alpha value is -3.58. The molecule has 1 aliphatic rings. The smallest absolute Gasteiger partial charge is 0.322 e. The van der Waals surface area contributed by atoms with E-state index in [1.165, 1.54) is 15.3 Å². The van der Waals surface area contributed by atoms with E-state index in [1.807, 2.05) is 48.2 Å². The van der Waals surface area contributed by atoms with Crippen molar-refractivity contribution in [1.82, 2.24) is 9.80 Å². The summed E-state index contributed by atoms with van der Waals surface area (Å²) in [5.41, 5.74) is 4.18. The second kappa shape index (κ2) is 12.1. The summed E-state index contributed by atoms with van der Waals surface area (Å²) in [4.78, 5) is 31.2. The van der Waals surface area contributed by atoms with Crippen LogP contribution < -0.4 is 10.1 Å². The highest BCUT2D eigenvalue weighted by Gasteiger charge is 2.33. The molecule has 1 aliphatic heterocycles. The van der Waals surface area contributed by atoms with Crippen LogP contribution >= 0.6 is 11.3 Å². The Morgan fingerprint density at radius 3 is 2.57 bits per heavy atom. The van der Waals surface area contributed by atoms with Crippen molar-refractivity contribution >= 4 is 29.0 Å². The van der Waals surface area contributed by atoms with Gasteiger partial charge >= 0.3 is 6.03 Å². The van der Waals surface area contributed by atoms with E-state index in [9.17, 15) is 9.59 Å². The number of thiophene rings is 1. The van der Waals surface area contributed by atoms with Crippen molar-refractivity contribution in [1.29, 1.82) is 0 Å². The predicted octanol–water partition coefficient (Wildman–Crippen LogP) is 6.40. The molecule has 6 nitrogen and oxygen atoms in total.